The van der Waals surface area contributed by atoms with Gasteiger partial charge in [0.05, 0.1) is 5.41 Å². The molecular weight excluding hydrogens is 328 g/mol. The Bertz CT molecular complexity index is 636. The third-order valence-corrected chi connectivity index (χ3v) is 5.81. The monoisotopic (exact) mass is 351 g/mol. The van der Waals surface area contributed by atoms with Crippen LogP contribution in [0.1, 0.15) is 25.7 Å². The standard InChI is InChI=1S/C18H23F2N3O2/c19-18(20)7-10-23(16(24)14-4-3-11-25-14)13-17(18)6-9-22(12-17)15-5-1-2-8-21-15/h1-2,5,8,14H,3-4,6-7,9-13H2/t14-,17?/m0/s1. The van der Waals surface area contributed by atoms with Crippen LogP contribution in [0.25, 0.3) is 0 Å². The summed E-state index contributed by atoms with van der Waals surface area (Å²) in [6, 6.07) is 5.52. The molecule has 1 aromatic heterocycles. The zero-order valence-corrected chi connectivity index (χ0v) is 14.2. The van der Waals surface area contributed by atoms with Crippen molar-refractivity contribution in [1.29, 1.82) is 0 Å². The number of nitrogens with zero attached hydrogens (tertiary/aromatic N) is 3. The van der Waals surface area contributed by atoms with Gasteiger partial charge in [0, 0.05) is 45.4 Å². The van der Waals surface area contributed by atoms with Crippen molar-refractivity contribution in [2.45, 2.75) is 37.7 Å². The maximum absolute atomic E-state index is 14.9. The second-order valence-corrected chi connectivity index (χ2v) is 7.36. The predicted octanol–water partition coefficient (Wildman–Crippen LogP) is 2.32. The number of hydrogen-bond donors (Lipinski definition) is 0. The summed E-state index contributed by atoms with van der Waals surface area (Å²) in [5, 5.41) is 0. The Hall–Kier alpha value is -1.76. The first-order valence-corrected chi connectivity index (χ1v) is 8.95. The van der Waals surface area contributed by atoms with Crippen molar-refractivity contribution in [3.05, 3.63) is 24.4 Å². The molecule has 3 fully saturated rings. The van der Waals surface area contributed by atoms with Gasteiger partial charge in [-0.05, 0) is 31.4 Å². The summed E-state index contributed by atoms with van der Waals surface area (Å²) in [7, 11) is 0. The number of amides is 1. The van der Waals surface area contributed by atoms with Crippen molar-refractivity contribution in [3.63, 3.8) is 0 Å². The fraction of sp³-hybridized carbons (Fsp3) is 0.667. The van der Waals surface area contributed by atoms with Crippen molar-refractivity contribution >= 4 is 11.7 Å². The fourth-order valence-corrected chi connectivity index (χ4v) is 4.30. The van der Waals surface area contributed by atoms with Gasteiger partial charge in [-0.25, -0.2) is 13.8 Å². The summed E-state index contributed by atoms with van der Waals surface area (Å²) in [5.74, 6) is -2.18. The van der Waals surface area contributed by atoms with E-state index in [-0.39, 0.29) is 32.0 Å². The molecule has 25 heavy (non-hydrogen) atoms. The second kappa shape index (κ2) is 6.20. The molecule has 1 unspecified atom stereocenters. The van der Waals surface area contributed by atoms with Gasteiger partial charge < -0.3 is 14.5 Å². The third-order valence-electron chi connectivity index (χ3n) is 5.81. The van der Waals surface area contributed by atoms with Crippen molar-refractivity contribution in [2.75, 3.05) is 37.7 Å². The smallest absolute Gasteiger partial charge is 0.258 e. The molecular formula is C18H23F2N3O2. The maximum atomic E-state index is 14.9. The average Bonchev–Trinajstić information content (AvgIpc) is 3.29. The van der Waals surface area contributed by atoms with E-state index in [9.17, 15) is 13.6 Å². The van der Waals surface area contributed by atoms with E-state index in [1.54, 1.807) is 11.1 Å². The third kappa shape index (κ3) is 2.88. The Morgan fingerprint density at radius 1 is 1.24 bits per heavy atom. The van der Waals surface area contributed by atoms with Crippen LogP contribution in [0.2, 0.25) is 0 Å². The van der Waals surface area contributed by atoms with Gasteiger partial charge in [0.2, 0.25) is 0 Å². The van der Waals surface area contributed by atoms with Gasteiger partial charge in [0.1, 0.15) is 11.9 Å². The number of carbonyl (C=O) groups excluding carboxylic acids is 1. The maximum Gasteiger partial charge on any atom is 0.258 e. The number of aromatic nitrogens is 1. The van der Waals surface area contributed by atoms with Gasteiger partial charge in [0.25, 0.3) is 11.8 Å². The highest BCUT2D eigenvalue weighted by molar-refractivity contribution is 5.81. The summed E-state index contributed by atoms with van der Waals surface area (Å²) in [6.45, 7) is 1.55. The molecule has 2 atom stereocenters. The Labute approximate surface area is 146 Å². The van der Waals surface area contributed by atoms with Crippen LogP contribution in [0, 0.1) is 5.41 Å². The summed E-state index contributed by atoms with van der Waals surface area (Å²) in [4.78, 5) is 20.4. The highest BCUT2D eigenvalue weighted by Gasteiger charge is 2.60. The molecule has 4 heterocycles. The molecule has 0 radical (unpaired) electrons. The van der Waals surface area contributed by atoms with Crippen LogP contribution in [-0.4, -0.2) is 60.6 Å². The molecule has 1 amide bonds. The van der Waals surface area contributed by atoms with E-state index in [0.717, 1.165) is 12.2 Å². The van der Waals surface area contributed by atoms with Gasteiger partial charge in [-0.2, -0.15) is 0 Å². The number of piperidine rings is 1. The lowest BCUT2D eigenvalue weighted by atomic mass is 9.75. The lowest BCUT2D eigenvalue weighted by Crippen LogP contribution is -2.59. The first-order valence-electron chi connectivity index (χ1n) is 8.95. The topological polar surface area (TPSA) is 45.7 Å². The molecule has 136 valence electrons. The number of hydrogen-bond acceptors (Lipinski definition) is 4. The Balaban J connectivity index is 1.53. The Morgan fingerprint density at radius 3 is 2.84 bits per heavy atom. The van der Waals surface area contributed by atoms with Crippen molar-refractivity contribution < 1.29 is 18.3 Å². The highest BCUT2D eigenvalue weighted by atomic mass is 19.3. The highest BCUT2D eigenvalue weighted by Crippen LogP contribution is 2.50. The van der Waals surface area contributed by atoms with Gasteiger partial charge in [-0.15, -0.1) is 0 Å². The molecule has 0 aliphatic carbocycles. The van der Waals surface area contributed by atoms with Crippen molar-refractivity contribution in [3.8, 4) is 0 Å². The number of ether oxygens (including phenoxy) is 1. The normalized spacial score (nSPS) is 31.7. The summed E-state index contributed by atoms with van der Waals surface area (Å²) >= 11 is 0. The van der Waals surface area contributed by atoms with E-state index in [4.69, 9.17) is 4.74 Å². The first-order chi connectivity index (χ1) is 12.0. The molecule has 0 bridgehead atoms. The van der Waals surface area contributed by atoms with Crippen LogP contribution in [0.3, 0.4) is 0 Å². The molecule has 0 aromatic carbocycles. The van der Waals surface area contributed by atoms with E-state index in [2.05, 4.69) is 4.98 Å². The summed E-state index contributed by atoms with van der Waals surface area (Å²) in [6.07, 6.45) is 2.87. The largest absolute Gasteiger partial charge is 0.368 e. The van der Waals surface area contributed by atoms with E-state index in [0.29, 0.717) is 26.0 Å². The number of pyridine rings is 1. The molecule has 3 saturated heterocycles. The van der Waals surface area contributed by atoms with Gasteiger partial charge >= 0.3 is 0 Å². The van der Waals surface area contributed by atoms with Gasteiger partial charge in [0.15, 0.2) is 0 Å². The van der Waals surface area contributed by atoms with Crippen LogP contribution in [0.4, 0.5) is 14.6 Å². The first kappa shape index (κ1) is 16.7. The molecule has 3 aliphatic rings. The number of halogens is 2. The van der Waals surface area contributed by atoms with Crippen LogP contribution in [0.15, 0.2) is 24.4 Å². The van der Waals surface area contributed by atoms with Crippen LogP contribution < -0.4 is 4.90 Å². The molecule has 4 rings (SSSR count). The van der Waals surface area contributed by atoms with E-state index in [1.165, 1.54) is 0 Å². The van der Waals surface area contributed by atoms with Crippen molar-refractivity contribution in [2.24, 2.45) is 5.41 Å². The van der Waals surface area contributed by atoms with E-state index < -0.39 is 17.4 Å². The quantitative estimate of drug-likeness (QED) is 0.820. The lowest BCUT2D eigenvalue weighted by Gasteiger charge is -2.46. The number of likely N-dealkylation sites (tertiary alicyclic amines) is 1. The van der Waals surface area contributed by atoms with E-state index >= 15 is 0 Å². The van der Waals surface area contributed by atoms with Crippen LogP contribution >= 0.6 is 0 Å². The number of anilines is 1. The molecule has 1 aromatic rings. The van der Waals surface area contributed by atoms with Gasteiger partial charge in [-0.3, -0.25) is 4.79 Å². The minimum absolute atomic E-state index is 0.0992. The van der Waals surface area contributed by atoms with Crippen LogP contribution in [-0.2, 0) is 9.53 Å². The summed E-state index contributed by atoms with van der Waals surface area (Å²) < 4.78 is 35.2. The molecule has 3 aliphatic heterocycles. The number of rotatable bonds is 2. The number of carbonyl (C=O) groups is 1. The SMILES string of the molecule is O=C([C@@H]1CCCO1)N1CCC(F)(F)C2(CCN(c3ccccn3)C2)C1. The molecule has 5 nitrogen and oxygen atoms in total. The minimum atomic E-state index is -2.77. The lowest BCUT2D eigenvalue weighted by molar-refractivity contribution is -0.173. The second-order valence-electron chi connectivity index (χ2n) is 7.36. The van der Waals surface area contributed by atoms with Crippen molar-refractivity contribution in [1.82, 2.24) is 9.88 Å². The molecule has 0 saturated carbocycles. The average molecular weight is 351 g/mol. The minimum Gasteiger partial charge on any atom is -0.368 e. The molecule has 1 spiro atoms. The number of alkyl halides is 2. The fourth-order valence-electron chi connectivity index (χ4n) is 4.30. The zero-order valence-electron chi connectivity index (χ0n) is 14.2. The van der Waals surface area contributed by atoms with Gasteiger partial charge in [-0.1, -0.05) is 6.07 Å². The molecule has 7 heteroatoms. The predicted molar refractivity (Wildman–Crippen MR) is 88.6 cm³/mol. The Kier molecular flexibility index (Phi) is 4.14. The molecule has 0 N–H and O–H groups in total. The summed E-state index contributed by atoms with van der Waals surface area (Å²) in [5.41, 5.74) is -1.20. The Morgan fingerprint density at radius 2 is 2.12 bits per heavy atom. The van der Waals surface area contributed by atoms with Crippen LogP contribution in [0.5, 0.6) is 0 Å². The van der Waals surface area contributed by atoms with E-state index in [1.807, 2.05) is 23.1 Å². The zero-order chi connectivity index (χ0) is 17.5.